The average molecular weight is 277 g/mol. The minimum atomic E-state index is -0.285. The highest BCUT2D eigenvalue weighted by Gasteiger charge is 2.27. The lowest BCUT2D eigenvalue weighted by molar-refractivity contribution is 0.0308. The number of rotatable bonds is 3. The molecule has 0 aliphatic carbocycles. The van der Waals surface area contributed by atoms with Crippen LogP contribution < -0.4 is 9.47 Å². The summed E-state index contributed by atoms with van der Waals surface area (Å²) >= 11 is 0. The molecule has 110 valence electrons. The van der Waals surface area contributed by atoms with Crippen molar-refractivity contribution in [1.29, 1.82) is 0 Å². The molecular weight excluding hydrogens is 254 g/mol. The first-order valence-electron chi connectivity index (χ1n) is 7.55. The molecule has 0 aromatic heterocycles. The molecule has 4 heteroatoms. The van der Waals surface area contributed by atoms with E-state index in [-0.39, 0.29) is 12.1 Å². The summed E-state index contributed by atoms with van der Waals surface area (Å²) in [7, 11) is 0. The lowest BCUT2D eigenvalue weighted by Gasteiger charge is -2.38. The van der Waals surface area contributed by atoms with E-state index in [1.165, 1.54) is 12.8 Å². The third-order valence-corrected chi connectivity index (χ3v) is 4.24. The highest BCUT2D eigenvalue weighted by Crippen LogP contribution is 2.35. The van der Waals surface area contributed by atoms with Crippen molar-refractivity contribution in [3.05, 3.63) is 23.8 Å². The number of nitrogens with zero attached hydrogens (tertiary/aromatic N) is 1. The van der Waals surface area contributed by atoms with E-state index in [9.17, 15) is 5.11 Å². The molecule has 0 radical (unpaired) electrons. The summed E-state index contributed by atoms with van der Waals surface area (Å²) in [4.78, 5) is 2.38. The number of hydrogen-bond acceptors (Lipinski definition) is 4. The molecule has 4 nitrogen and oxygen atoms in total. The molecule has 1 N–H and O–H groups in total. The van der Waals surface area contributed by atoms with Crippen LogP contribution in [0.2, 0.25) is 0 Å². The van der Waals surface area contributed by atoms with Crippen LogP contribution in [0.5, 0.6) is 11.5 Å². The van der Waals surface area contributed by atoms with Gasteiger partial charge in [-0.3, -0.25) is 4.90 Å². The van der Waals surface area contributed by atoms with Crippen molar-refractivity contribution in [2.24, 2.45) is 0 Å². The van der Waals surface area contributed by atoms with Crippen LogP contribution in [0, 0.1) is 0 Å². The van der Waals surface area contributed by atoms with Gasteiger partial charge in [-0.05, 0) is 32.4 Å². The van der Waals surface area contributed by atoms with Crippen LogP contribution in [0.3, 0.4) is 0 Å². The Morgan fingerprint density at radius 1 is 1.30 bits per heavy atom. The molecule has 2 heterocycles. The van der Waals surface area contributed by atoms with Crippen LogP contribution >= 0.6 is 0 Å². The van der Waals surface area contributed by atoms with Crippen LogP contribution in [0.25, 0.3) is 0 Å². The number of piperidine rings is 1. The molecule has 0 amide bonds. The average Bonchev–Trinajstić information content (AvgIpc) is 2.48. The normalized spacial score (nSPS) is 24.4. The molecule has 0 spiro atoms. The molecule has 1 aromatic carbocycles. The fourth-order valence-electron chi connectivity index (χ4n) is 3.24. The van der Waals surface area contributed by atoms with Gasteiger partial charge in [-0.2, -0.15) is 0 Å². The van der Waals surface area contributed by atoms with Crippen LogP contribution in [0.4, 0.5) is 0 Å². The second kappa shape index (κ2) is 6.02. The van der Waals surface area contributed by atoms with Gasteiger partial charge in [-0.15, -0.1) is 0 Å². The smallest absolute Gasteiger partial charge is 0.165 e. The second-order valence-corrected chi connectivity index (χ2v) is 5.72. The Balaban J connectivity index is 1.79. The van der Waals surface area contributed by atoms with Gasteiger partial charge in [0.1, 0.15) is 13.2 Å². The highest BCUT2D eigenvalue weighted by atomic mass is 16.6. The zero-order valence-electron chi connectivity index (χ0n) is 12.0. The Labute approximate surface area is 120 Å². The highest BCUT2D eigenvalue weighted by molar-refractivity contribution is 5.47. The van der Waals surface area contributed by atoms with Gasteiger partial charge in [0.2, 0.25) is 0 Å². The molecule has 0 bridgehead atoms. The summed E-state index contributed by atoms with van der Waals surface area (Å²) in [6.45, 7) is 4.99. The van der Waals surface area contributed by atoms with Gasteiger partial charge in [-0.25, -0.2) is 0 Å². The van der Waals surface area contributed by atoms with Gasteiger partial charge in [0, 0.05) is 18.2 Å². The van der Waals surface area contributed by atoms with E-state index in [0.29, 0.717) is 13.2 Å². The first kappa shape index (κ1) is 13.7. The summed E-state index contributed by atoms with van der Waals surface area (Å²) in [5.74, 6) is 1.73. The van der Waals surface area contributed by atoms with E-state index in [1.54, 1.807) is 0 Å². The maximum atomic E-state index is 9.97. The Kier molecular flexibility index (Phi) is 4.13. The lowest BCUT2D eigenvalue weighted by atomic mass is 9.97. The monoisotopic (exact) mass is 277 g/mol. The van der Waals surface area contributed by atoms with Gasteiger partial charge in [0.25, 0.3) is 0 Å². The fraction of sp³-hybridized carbons (Fsp3) is 0.625. The molecule has 2 unspecified atom stereocenters. The van der Waals surface area contributed by atoms with E-state index in [1.807, 2.05) is 19.1 Å². The Morgan fingerprint density at radius 2 is 2.15 bits per heavy atom. The summed E-state index contributed by atoms with van der Waals surface area (Å²) in [5.41, 5.74) is 1.16. The van der Waals surface area contributed by atoms with Gasteiger partial charge in [0.15, 0.2) is 11.5 Å². The van der Waals surface area contributed by atoms with Crippen molar-refractivity contribution in [3.63, 3.8) is 0 Å². The van der Waals surface area contributed by atoms with Crippen LogP contribution in [0.15, 0.2) is 18.2 Å². The first-order valence-corrected chi connectivity index (χ1v) is 7.55. The number of ether oxygens (including phenoxy) is 2. The number of fused-ring (bicyclic) bond motifs is 1. The minimum Gasteiger partial charge on any atom is -0.486 e. The van der Waals surface area contributed by atoms with Crippen molar-refractivity contribution in [1.82, 2.24) is 4.90 Å². The quantitative estimate of drug-likeness (QED) is 0.919. The zero-order chi connectivity index (χ0) is 13.9. The van der Waals surface area contributed by atoms with Crippen molar-refractivity contribution in [2.45, 2.75) is 44.9 Å². The number of benzene rings is 1. The van der Waals surface area contributed by atoms with E-state index in [2.05, 4.69) is 11.0 Å². The van der Waals surface area contributed by atoms with Gasteiger partial charge in [0.05, 0.1) is 6.10 Å². The van der Waals surface area contributed by atoms with Crippen LogP contribution in [-0.2, 0) is 6.54 Å². The SMILES string of the molecule is CC(O)C1CCCCN1Cc1cccc2c1OCCO2. The molecule has 0 saturated carbocycles. The van der Waals surface area contributed by atoms with Crippen LogP contribution in [0.1, 0.15) is 31.7 Å². The maximum Gasteiger partial charge on any atom is 0.165 e. The first-order chi connectivity index (χ1) is 9.75. The predicted molar refractivity (Wildman–Crippen MR) is 77.2 cm³/mol. The molecule has 1 saturated heterocycles. The number of aliphatic hydroxyl groups is 1. The largest absolute Gasteiger partial charge is 0.486 e. The van der Waals surface area contributed by atoms with E-state index < -0.39 is 0 Å². The predicted octanol–water partition coefficient (Wildman–Crippen LogP) is 2.19. The van der Waals surface area contributed by atoms with Crippen LogP contribution in [-0.4, -0.2) is 41.9 Å². The second-order valence-electron chi connectivity index (χ2n) is 5.72. The van der Waals surface area contributed by atoms with Crippen molar-refractivity contribution < 1.29 is 14.6 Å². The Bertz CT molecular complexity index is 461. The molecule has 2 aliphatic heterocycles. The fourth-order valence-corrected chi connectivity index (χ4v) is 3.24. The van der Waals surface area contributed by atoms with Gasteiger partial charge in [-0.1, -0.05) is 18.6 Å². The Hall–Kier alpha value is -1.26. The molecule has 3 rings (SSSR count). The topological polar surface area (TPSA) is 41.9 Å². The third kappa shape index (κ3) is 2.76. The van der Waals surface area contributed by atoms with Gasteiger partial charge < -0.3 is 14.6 Å². The number of hydrogen-bond donors (Lipinski definition) is 1. The van der Waals surface area contributed by atoms with E-state index in [4.69, 9.17) is 9.47 Å². The van der Waals surface area contributed by atoms with Crippen molar-refractivity contribution >= 4 is 0 Å². The Morgan fingerprint density at radius 3 is 3.00 bits per heavy atom. The maximum absolute atomic E-state index is 9.97. The molecule has 1 fully saturated rings. The third-order valence-electron chi connectivity index (χ3n) is 4.24. The van der Waals surface area contributed by atoms with Crippen molar-refractivity contribution in [2.75, 3.05) is 19.8 Å². The van der Waals surface area contributed by atoms with E-state index in [0.717, 1.165) is 36.6 Å². The standard InChI is InChI=1S/C16H23NO3/c1-12(18)14-6-2-3-8-17(14)11-13-5-4-7-15-16(13)20-10-9-19-15/h4-5,7,12,14,18H,2-3,6,8-11H2,1H3. The summed E-state index contributed by atoms with van der Waals surface area (Å²) in [6.07, 6.45) is 3.20. The van der Waals surface area contributed by atoms with Gasteiger partial charge >= 0.3 is 0 Å². The summed E-state index contributed by atoms with van der Waals surface area (Å²) in [6, 6.07) is 6.33. The number of para-hydroxylation sites is 1. The van der Waals surface area contributed by atoms with Crippen molar-refractivity contribution in [3.8, 4) is 11.5 Å². The van der Waals surface area contributed by atoms with E-state index >= 15 is 0 Å². The summed E-state index contributed by atoms with van der Waals surface area (Å²) < 4.78 is 11.4. The molecule has 2 aliphatic rings. The lowest BCUT2D eigenvalue weighted by Crippen LogP contribution is -2.45. The molecule has 1 aromatic rings. The number of aliphatic hydroxyl groups excluding tert-OH is 1. The number of likely N-dealkylation sites (tertiary alicyclic amines) is 1. The minimum absolute atomic E-state index is 0.254. The summed E-state index contributed by atoms with van der Waals surface area (Å²) in [5, 5.41) is 9.97. The zero-order valence-corrected chi connectivity index (χ0v) is 12.0. The molecular formula is C16H23NO3. The molecule has 2 atom stereocenters. The molecule has 20 heavy (non-hydrogen) atoms.